The van der Waals surface area contributed by atoms with Gasteiger partial charge in [0.15, 0.2) is 0 Å². The van der Waals surface area contributed by atoms with Crippen LogP contribution in [0.4, 0.5) is 5.69 Å². The molecule has 4 rings (SSSR count). The summed E-state index contributed by atoms with van der Waals surface area (Å²) in [6.45, 7) is 4.45. The van der Waals surface area contributed by atoms with Crippen molar-refractivity contribution in [2.75, 3.05) is 5.01 Å². The van der Waals surface area contributed by atoms with Gasteiger partial charge in [-0.1, -0.05) is 48.5 Å². The van der Waals surface area contributed by atoms with E-state index in [2.05, 4.69) is 5.43 Å². The Balaban J connectivity index is 1.47. The van der Waals surface area contributed by atoms with Crippen LogP contribution in [0, 0.1) is 13.8 Å². The van der Waals surface area contributed by atoms with E-state index in [1.165, 1.54) is 5.01 Å². The van der Waals surface area contributed by atoms with E-state index in [1.54, 1.807) is 6.08 Å². The van der Waals surface area contributed by atoms with Crippen LogP contribution >= 0.6 is 0 Å². The van der Waals surface area contributed by atoms with Crippen LogP contribution in [0.15, 0.2) is 78.4 Å². The minimum atomic E-state index is -0.414. The van der Waals surface area contributed by atoms with Gasteiger partial charge in [0.05, 0.1) is 5.69 Å². The van der Waals surface area contributed by atoms with Gasteiger partial charge in [-0.2, -0.15) is 0 Å². The Morgan fingerprint density at radius 3 is 2.33 bits per heavy atom. The maximum atomic E-state index is 12.8. The molecule has 3 aromatic carbocycles. The summed E-state index contributed by atoms with van der Waals surface area (Å²) in [7, 11) is 0. The smallest absolute Gasteiger partial charge is 0.282 e. The van der Waals surface area contributed by atoms with E-state index in [9.17, 15) is 9.59 Å². The summed E-state index contributed by atoms with van der Waals surface area (Å²) in [5, 5.41) is 1.29. The molecular weight excluding hydrogens is 376 g/mol. The molecule has 0 aromatic heterocycles. The van der Waals surface area contributed by atoms with Gasteiger partial charge in [0.1, 0.15) is 17.9 Å². The number of nitrogens with zero attached hydrogens (tertiary/aromatic N) is 1. The summed E-state index contributed by atoms with van der Waals surface area (Å²) < 4.78 is 5.78. The molecule has 0 bridgehead atoms. The monoisotopic (exact) mass is 398 g/mol. The summed E-state index contributed by atoms with van der Waals surface area (Å²) in [6, 6.07) is 22.9. The van der Waals surface area contributed by atoms with E-state index in [-0.39, 0.29) is 11.5 Å². The van der Waals surface area contributed by atoms with Crippen LogP contribution in [-0.4, -0.2) is 11.8 Å². The average molecular weight is 398 g/mol. The number of hydrogen-bond acceptors (Lipinski definition) is 3. The molecule has 0 saturated carbocycles. The van der Waals surface area contributed by atoms with Gasteiger partial charge in [-0.3, -0.25) is 15.0 Å². The number of hydrogen-bond donors (Lipinski definition) is 1. The SMILES string of the molecule is Cc1ccc(N2NC(=O)/C(=C/c3ccc(OCc4ccccc4)cc3)C2=O)cc1C. The molecule has 1 aliphatic heterocycles. The topological polar surface area (TPSA) is 58.6 Å². The highest BCUT2D eigenvalue weighted by molar-refractivity contribution is 6.31. The molecule has 1 N–H and O–H groups in total. The second-order valence-electron chi connectivity index (χ2n) is 7.25. The van der Waals surface area contributed by atoms with E-state index >= 15 is 0 Å². The van der Waals surface area contributed by atoms with Crippen molar-refractivity contribution in [2.24, 2.45) is 0 Å². The lowest BCUT2D eigenvalue weighted by atomic mass is 10.1. The first-order valence-electron chi connectivity index (χ1n) is 9.72. The summed E-state index contributed by atoms with van der Waals surface area (Å²) >= 11 is 0. The number of carbonyl (C=O) groups excluding carboxylic acids is 2. The van der Waals surface area contributed by atoms with Gasteiger partial charge in [0, 0.05) is 0 Å². The highest BCUT2D eigenvalue weighted by atomic mass is 16.5. The molecule has 1 aliphatic rings. The number of ether oxygens (including phenoxy) is 1. The van der Waals surface area contributed by atoms with Crippen LogP contribution in [0.2, 0.25) is 0 Å². The molecule has 30 heavy (non-hydrogen) atoms. The molecular formula is C25H22N2O3. The largest absolute Gasteiger partial charge is 0.489 e. The molecule has 150 valence electrons. The molecule has 0 spiro atoms. The maximum Gasteiger partial charge on any atom is 0.282 e. The van der Waals surface area contributed by atoms with E-state index in [1.807, 2.05) is 86.6 Å². The first kappa shape index (κ1) is 19.5. The van der Waals surface area contributed by atoms with Crippen LogP contribution in [0.5, 0.6) is 5.75 Å². The van der Waals surface area contributed by atoms with Crippen molar-refractivity contribution in [1.82, 2.24) is 5.43 Å². The van der Waals surface area contributed by atoms with Crippen molar-refractivity contribution in [1.29, 1.82) is 0 Å². The minimum Gasteiger partial charge on any atom is -0.489 e. The number of hydrazine groups is 1. The van der Waals surface area contributed by atoms with Crippen LogP contribution in [0.3, 0.4) is 0 Å². The molecule has 1 saturated heterocycles. The summed E-state index contributed by atoms with van der Waals surface area (Å²) in [5.41, 5.74) is 7.40. The Morgan fingerprint density at radius 2 is 1.63 bits per heavy atom. The number of rotatable bonds is 5. The van der Waals surface area contributed by atoms with Crippen LogP contribution in [0.25, 0.3) is 6.08 Å². The lowest BCUT2D eigenvalue weighted by molar-refractivity contribution is -0.117. The van der Waals surface area contributed by atoms with Crippen molar-refractivity contribution in [3.8, 4) is 5.75 Å². The third-order valence-electron chi connectivity index (χ3n) is 5.08. The zero-order valence-corrected chi connectivity index (χ0v) is 16.9. The zero-order valence-electron chi connectivity index (χ0n) is 16.9. The Kier molecular flexibility index (Phi) is 5.35. The van der Waals surface area contributed by atoms with E-state index in [0.29, 0.717) is 12.3 Å². The minimum absolute atomic E-state index is 0.103. The fourth-order valence-electron chi connectivity index (χ4n) is 3.17. The molecule has 1 fully saturated rings. The number of carbonyl (C=O) groups is 2. The average Bonchev–Trinajstić information content (AvgIpc) is 3.04. The highest BCUT2D eigenvalue weighted by Crippen LogP contribution is 2.24. The van der Waals surface area contributed by atoms with Crippen LogP contribution in [-0.2, 0) is 16.2 Å². The lowest BCUT2D eigenvalue weighted by Gasteiger charge is -2.15. The second kappa shape index (κ2) is 8.25. The molecule has 0 radical (unpaired) electrons. The van der Waals surface area contributed by atoms with Crippen molar-refractivity contribution >= 4 is 23.6 Å². The molecule has 1 heterocycles. The quantitative estimate of drug-likeness (QED) is 0.514. The second-order valence-corrected chi connectivity index (χ2v) is 7.25. The van der Waals surface area contributed by atoms with Gasteiger partial charge in [-0.25, -0.2) is 5.01 Å². The van der Waals surface area contributed by atoms with Crippen molar-refractivity contribution in [3.63, 3.8) is 0 Å². The Morgan fingerprint density at radius 1 is 0.900 bits per heavy atom. The number of nitrogens with one attached hydrogen (secondary N) is 1. The molecule has 5 heteroatoms. The third kappa shape index (κ3) is 4.10. The zero-order chi connectivity index (χ0) is 21.1. The van der Waals surface area contributed by atoms with Gasteiger partial charge in [-0.05, 0) is 66.4 Å². The van der Waals surface area contributed by atoms with Gasteiger partial charge < -0.3 is 4.74 Å². The van der Waals surface area contributed by atoms with Crippen LogP contribution in [0.1, 0.15) is 22.3 Å². The van der Waals surface area contributed by atoms with Gasteiger partial charge >= 0.3 is 0 Å². The molecule has 0 atom stereocenters. The number of amides is 2. The van der Waals surface area contributed by atoms with Gasteiger partial charge in [0.2, 0.25) is 0 Å². The third-order valence-corrected chi connectivity index (χ3v) is 5.08. The van der Waals surface area contributed by atoms with E-state index in [4.69, 9.17) is 4.74 Å². The van der Waals surface area contributed by atoms with Crippen molar-refractivity contribution < 1.29 is 14.3 Å². The van der Waals surface area contributed by atoms with Crippen molar-refractivity contribution in [3.05, 3.63) is 101 Å². The summed E-state index contributed by atoms with van der Waals surface area (Å²) in [5.74, 6) is -0.0600. The normalized spacial score (nSPS) is 14.9. The Labute approximate surface area is 175 Å². The van der Waals surface area contributed by atoms with E-state index < -0.39 is 5.91 Å². The number of benzene rings is 3. The van der Waals surface area contributed by atoms with Gasteiger partial charge in [-0.15, -0.1) is 0 Å². The number of anilines is 1. The lowest BCUT2D eigenvalue weighted by Crippen LogP contribution is -2.35. The Hall–Kier alpha value is -3.86. The molecule has 3 aromatic rings. The predicted octanol–water partition coefficient (Wildman–Crippen LogP) is 4.34. The highest BCUT2D eigenvalue weighted by Gasteiger charge is 2.34. The Bertz CT molecular complexity index is 1120. The summed E-state index contributed by atoms with van der Waals surface area (Å²) in [4.78, 5) is 25.2. The molecule has 2 amide bonds. The van der Waals surface area contributed by atoms with Crippen molar-refractivity contribution in [2.45, 2.75) is 20.5 Å². The molecule has 0 aliphatic carbocycles. The maximum absolute atomic E-state index is 12.8. The van der Waals surface area contributed by atoms with Crippen LogP contribution < -0.4 is 15.2 Å². The fourth-order valence-corrected chi connectivity index (χ4v) is 3.17. The van der Waals surface area contributed by atoms with Gasteiger partial charge in [0.25, 0.3) is 11.8 Å². The standard InChI is InChI=1S/C25H22N2O3/c1-17-8-11-21(14-18(17)2)27-25(29)23(24(28)26-27)15-19-9-12-22(13-10-19)30-16-20-6-4-3-5-7-20/h3-15H,16H2,1-2H3,(H,26,28)/b23-15-. The summed E-state index contributed by atoms with van der Waals surface area (Å²) in [6.07, 6.45) is 1.60. The molecule has 5 nitrogen and oxygen atoms in total. The number of aryl methyl sites for hydroxylation is 2. The molecule has 0 unspecified atom stereocenters. The first-order valence-corrected chi connectivity index (χ1v) is 9.72. The predicted molar refractivity (Wildman–Crippen MR) is 117 cm³/mol. The first-order chi connectivity index (χ1) is 14.5. The van der Waals surface area contributed by atoms with E-state index in [0.717, 1.165) is 28.0 Å². The fraction of sp³-hybridized carbons (Fsp3) is 0.120.